The zero-order valence-electron chi connectivity index (χ0n) is 16.4. The zero-order valence-corrected chi connectivity index (χ0v) is 16.4. The summed E-state index contributed by atoms with van der Waals surface area (Å²) >= 11 is 0. The standard InChI is InChI=1S/C23H19N3O5/c27-21(17-10-5-2-6-11-17)24-18(14-16-8-3-1-4-9-16)23(28)30-15-20-25-26-22(31-20)19-12-7-13-29-19/h1-13,18H,14-15H2,(H,24,27)/t18-/m1/s1. The van der Waals surface area contributed by atoms with Crippen LogP contribution in [0.1, 0.15) is 21.8 Å². The molecule has 8 nitrogen and oxygen atoms in total. The predicted octanol–water partition coefficient (Wildman–Crippen LogP) is 3.41. The number of carbonyl (C=O) groups excluding carboxylic acids is 2. The second-order valence-corrected chi connectivity index (χ2v) is 6.67. The highest BCUT2D eigenvalue weighted by molar-refractivity contribution is 5.96. The van der Waals surface area contributed by atoms with Gasteiger partial charge in [-0.25, -0.2) is 4.79 Å². The molecule has 0 spiro atoms. The van der Waals surface area contributed by atoms with Gasteiger partial charge in [0, 0.05) is 12.0 Å². The van der Waals surface area contributed by atoms with Gasteiger partial charge < -0.3 is 18.9 Å². The van der Waals surface area contributed by atoms with E-state index in [4.69, 9.17) is 13.6 Å². The SMILES string of the molecule is O=C(N[C@H](Cc1ccccc1)C(=O)OCc1nnc(-c2ccco2)o1)c1ccccc1. The van der Waals surface area contributed by atoms with E-state index in [0.29, 0.717) is 11.3 Å². The average molecular weight is 417 g/mol. The molecule has 2 heterocycles. The van der Waals surface area contributed by atoms with Gasteiger partial charge in [-0.3, -0.25) is 4.79 Å². The number of carbonyl (C=O) groups is 2. The van der Waals surface area contributed by atoms with Crippen LogP contribution in [-0.2, 0) is 22.6 Å². The third-order valence-electron chi connectivity index (χ3n) is 4.45. The van der Waals surface area contributed by atoms with Crippen LogP contribution >= 0.6 is 0 Å². The summed E-state index contributed by atoms with van der Waals surface area (Å²) in [6, 6.07) is 20.5. The molecule has 156 valence electrons. The smallest absolute Gasteiger partial charge is 0.329 e. The highest BCUT2D eigenvalue weighted by Crippen LogP contribution is 2.18. The summed E-state index contributed by atoms with van der Waals surface area (Å²) in [6.07, 6.45) is 1.77. The average Bonchev–Trinajstić information content (AvgIpc) is 3.50. The van der Waals surface area contributed by atoms with E-state index in [2.05, 4.69) is 15.5 Å². The lowest BCUT2D eigenvalue weighted by molar-refractivity contribution is -0.148. The van der Waals surface area contributed by atoms with Crippen molar-refractivity contribution in [2.45, 2.75) is 19.1 Å². The maximum Gasteiger partial charge on any atom is 0.329 e. The van der Waals surface area contributed by atoms with Gasteiger partial charge in [0.2, 0.25) is 0 Å². The van der Waals surface area contributed by atoms with Crippen molar-refractivity contribution in [2.75, 3.05) is 0 Å². The van der Waals surface area contributed by atoms with E-state index in [0.717, 1.165) is 5.56 Å². The third kappa shape index (κ3) is 5.24. The third-order valence-corrected chi connectivity index (χ3v) is 4.45. The molecule has 0 fully saturated rings. The van der Waals surface area contributed by atoms with Crippen LogP contribution in [0, 0.1) is 0 Å². The number of ether oxygens (including phenoxy) is 1. The van der Waals surface area contributed by atoms with Gasteiger partial charge in [0.1, 0.15) is 6.04 Å². The molecule has 4 aromatic rings. The summed E-state index contributed by atoms with van der Waals surface area (Å²) in [7, 11) is 0. The fourth-order valence-electron chi connectivity index (χ4n) is 2.92. The molecule has 0 bridgehead atoms. The topological polar surface area (TPSA) is 107 Å². The minimum Gasteiger partial charge on any atom is -0.459 e. The quantitative estimate of drug-likeness (QED) is 0.438. The molecule has 0 radical (unpaired) electrons. The van der Waals surface area contributed by atoms with Crippen molar-refractivity contribution in [3.63, 3.8) is 0 Å². The summed E-state index contributed by atoms with van der Waals surface area (Å²) < 4.78 is 16.0. The number of aromatic nitrogens is 2. The zero-order chi connectivity index (χ0) is 21.5. The van der Waals surface area contributed by atoms with E-state index in [-0.39, 0.29) is 30.7 Å². The van der Waals surface area contributed by atoms with Crippen LogP contribution < -0.4 is 5.32 Å². The molecule has 0 aliphatic carbocycles. The van der Waals surface area contributed by atoms with Gasteiger partial charge in [0.15, 0.2) is 12.4 Å². The van der Waals surface area contributed by atoms with Crippen LogP contribution in [0.15, 0.2) is 87.9 Å². The molecule has 8 heteroatoms. The monoisotopic (exact) mass is 417 g/mol. The molecule has 0 saturated carbocycles. The Morgan fingerprint density at radius 3 is 2.39 bits per heavy atom. The number of nitrogens with zero attached hydrogens (tertiary/aromatic N) is 2. The molecule has 1 N–H and O–H groups in total. The first kappa shape index (κ1) is 20.1. The van der Waals surface area contributed by atoms with Gasteiger partial charge in [0.05, 0.1) is 6.26 Å². The summed E-state index contributed by atoms with van der Waals surface area (Å²) in [5, 5.41) is 10.5. The van der Waals surface area contributed by atoms with Crippen LogP contribution in [0.4, 0.5) is 0 Å². The minimum atomic E-state index is -0.887. The van der Waals surface area contributed by atoms with Crippen molar-refractivity contribution < 1.29 is 23.2 Å². The molecule has 0 aliphatic rings. The number of amides is 1. The predicted molar refractivity (Wildman–Crippen MR) is 110 cm³/mol. The number of hydrogen-bond acceptors (Lipinski definition) is 7. The van der Waals surface area contributed by atoms with Crippen LogP contribution in [-0.4, -0.2) is 28.1 Å². The van der Waals surface area contributed by atoms with Crippen molar-refractivity contribution in [3.8, 4) is 11.7 Å². The first-order chi connectivity index (χ1) is 15.2. The first-order valence-corrected chi connectivity index (χ1v) is 9.62. The van der Waals surface area contributed by atoms with E-state index in [1.165, 1.54) is 6.26 Å². The molecule has 1 atom stereocenters. The number of hydrogen-bond donors (Lipinski definition) is 1. The summed E-state index contributed by atoms with van der Waals surface area (Å²) in [5.74, 6) is -0.244. The Bertz CT molecular complexity index is 1120. The van der Waals surface area contributed by atoms with Crippen LogP contribution in [0.2, 0.25) is 0 Å². The van der Waals surface area contributed by atoms with E-state index in [1.807, 2.05) is 36.4 Å². The molecule has 0 saturated heterocycles. The number of benzene rings is 2. The van der Waals surface area contributed by atoms with Gasteiger partial charge in [-0.1, -0.05) is 48.5 Å². The number of furan rings is 1. The van der Waals surface area contributed by atoms with Crippen LogP contribution in [0.5, 0.6) is 0 Å². The van der Waals surface area contributed by atoms with Gasteiger partial charge in [-0.05, 0) is 29.8 Å². The molecule has 2 aromatic carbocycles. The number of esters is 1. The Morgan fingerprint density at radius 2 is 1.68 bits per heavy atom. The Hall–Kier alpha value is -4.20. The van der Waals surface area contributed by atoms with E-state index in [9.17, 15) is 9.59 Å². The lowest BCUT2D eigenvalue weighted by Crippen LogP contribution is -2.43. The first-order valence-electron chi connectivity index (χ1n) is 9.62. The maximum atomic E-state index is 12.8. The lowest BCUT2D eigenvalue weighted by atomic mass is 10.1. The van der Waals surface area contributed by atoms with Crippen molar-refractivity contribution >= 4 is 11.9 Å². The molecular formula is C23H19N3O5. The Morgan fingerprint density at radius 1 is 0.935 bits per heavy atom. The molecule has 2 aromatic heterocycles. The van der Waals surface area contributed by atoms with Gasteiger partial charge in [0.25, 0.3) is 17.7 Å². The minimum absolute atomic E-state index is 0.118. The van der Waals surface area contributed by atoms with E-state index < -0.39 is 12.0 Å². The van der Waals surface area contributed by atoms with Crippen LogP contribution in [0.3, 0.4) is 0 Å². The second kappa shape index (κ2) is 9.53. The molecule has 4 rings (SSSR count). The molecule has 31 heavy (non-hydrogen) atoms. The summed E-state index contributed by atoms with van der Waals surface area (Å²) in [6.45, 7) is -0.223. The Kier molecular flexibility index (Phi) is 6.18. The van der Waals surface area contributed by atoms with Crippen molar-refractivity contribution in [3.05, 3.63) is 96.1 Å². The molecular weight excluding hydrogens is 398 g/mol. The molecule has 1 amide bonds. The maximum absolute atomic E-state index is 12.8. The van der Waals surface area contributed by atoms with Crippen LogP contribution in [0.25, 0.3) is 11.7 Å². The van der Waals surface area contributed by atoms with Gasteiger partial charge in [-0.15, -0.1) is 10.2 Å². The van der Waals surface area contributed by atoms with Crippen molar-refractivity contribution in [1.82, 2.24) is 15.5 Å². The highest BCUT2D eigenvalue weighted by atomic mass is 16.5. The fraction of sp³-hybridized carbons (Fsp3) is 0.130. The van der Waals surface area contributed by atoms with Crippen molar-refractivity contribution in [1.29, 1.82) is 0 Å². The molecule has 0 aliphatic heterocycles. The van der Waals surface area contributed by atoms with Gasteiger partial charge in [-0.2, -0.15) is 0 Å². The largest absolute Gasteiger partial charge is 0.459 e. The Balaban J connectivity index is 1.43. The normalized spacial score (nSPS) is 11.6. The highest BCUT2D eigenvalue weighted by Gasteiger charge is 2.24. The second-order valence-electron chi connectivity index (χ2n) is 6.67. The summed E-state index contributed by atoms with van der Waals surface area (Å²) in [5.41, 5.74) is 1.34. The van der Waals surface area contributed by atoms with E-state index >= 15 is 0 Å². The number of rotatable bonds is 8. The summed E-state index contributed by atoms with van der Waals surface area (Å²) in [4.78, 5) is 25.4. The Labute approximate surface area is 177 Å². The van der Waals surface area contributed by atoms with E-state index in [1.54, 1.807) is 36.4 Å². The lowest BCUT2D eigenvalue weighted by Gasteiger charge is -2.17. The van der Waals surface area contributed by atoms with Crippen molar-refractivity contribution in [2.24, 2.45) is 0 Å². The molecule has 0 unspecified atom stereocenters. The van der Waals surface area contributed by atoms with Gasteiger partial charge >= 0.3 is 5.97 Å². The fourth-order valence-corrected chi connectivity index (χ4v) is 2.92. The number of nitrogens with one attached hydrogen (secondary N) is 1.